The number of nitrogens with zero attached hydrogens (tertiary/aromatic N) is 9. The SMILES string of the molecule is Oc1cccc2cccnc12.Oc1cccc2cccnc12.Oc1cccc2cccnc12.[AlH3].[Cu].c1ccc2c(c1)-c1nc-2nc2[nH]c(nc3nc(nc4[nH]c(n1)c1ccccc41)-c1ccccc1-3)c1ccccc21. The number of para-hydroxylation sites is 3. The maximum absolute atomic E-state index is 9.31. The van der Waals surface area contributed by atoms with Crippen molar-refractivity contribution < 1.29 is 32.4 Å². The number of phenols is 3. The Balaban J connectivity index is 0.000000148. The molecule has 0 saturated carbocycles. The van der Waals surface area contributed by atoms with E-state index in [1.165, 1.54) is 0 Å². The first-order chi connectivity index (χ1) is 35.9. The molecule has 0 fully saturated rings. The van der Waals surface area contributed by atoms with Crippen LogP contribution < -0.4 is 0 Å². The van der Waals surface area contributed by atoms with Gasteiger partial charge in [-0.15, -0.1) is 0 Å². The molecule has 16 heteroatoms. The number of pyridine rings is 3. The number of hydrogen-bond donors (Lipinski definition) is 5. The van der Waals surface area contributed by atoms with E-state index >= 15 is 0 Å². The molecule has 7 aromatic carbocycles. The molecule has 365 valence electrons. The third kappa shape index (κ3) is 9.69. The summed E-state index contributed by atoms with van der Waals surface area (Å²) in [5.74, 6) is 3.11. The van der Waals surface area contributed by atoms with Crippen molar-refractivity contribution in [1.29, 1.82) is 0 Å². The average Bonchev–Trinajstić information content (AvgIpc) is 4.18. The summed E-state index contributed by atoms with van der Waals surface area (Å²) in [5.41, 5.74) is 8.43. The second-order valence-corrected chi connectivity index (χ2v) is 16.8. The van der Waals surface area contributed by atoms with Crippen LogP contribution in [0.1, 0.15) is 0 Å². The molecule has 0 spiro atoms. The van der Waals surface area contributed by atoms with Gasteiger partial charge in [0.05, 0.1) is 0 Å². The van der Waals surface area contributed by atoms with Gasteiger partial charge in [-0.3, -0.25) is 15.0 Å². The van der Waals surface area contributed by atoms with E-state index in [4.69, 9.17) is 29.9 Å². The number of H-pyrrole nitrogens is 2. The van der Waals surface area contributed by atoms with Gasteiger partial charge in [0, 0.05) is 95.6 Å². The Hall–Kier alpha value is -9.42. The molecule has 8 bridgehead atoms. The molecule has 2 aliphatic rings. The van der Waals surface area contributed by atoms with Crippen LogP contribution in [0.3, 0.4) is 0 Å². The second-order valence-electron chi connectivity index (χ2n) is 16.8. The number of fused-ring (bicyclic) bond motifs is 23. The van der Waals surface area contributed by atoms with E-state index in [1.807, 2.05) is 152 Å². The molecule has 14 nitrogen and oxygen atoms in total. The van der Waals surface area contributed by atoms with Crippen LogP contribution in [0.2, 0.25) is 0 Å². The molecule has 75 heavy (non-hydrogen) atoms. The molecule has 0 aliphatic carbocycles. The molecule has 1 radical (unpaired) electrons. The summed E-state index contributed by atoms with van der Waals surface area (Å²) in [7, 11) is 0. The first-order valence-corrected chi connectivity index (χ1v) is 23.2. The molecule has 13 aromatic rings. The number of aromatic nitrogens is 11. The van der Waals surface area contributed by atoms with Crippen molar-refractivity contribution in [1.82, 2.24) is 54.8 Å². The van der Waals surface area contributed by atoms with Gasteiger partial charge in [0.1, 0.15) is 56.4 Å². The Morgan fingerprint density at radius 3 is 0.800 bits per heavy atom. The number of aromatic amines is 2. The largest absolute Gasteiger partial charge is 0.506 e. The fraction of sp³-hybridized carbons (Fsp3) is 0. The molecule has 8 heterocycles. The van der Waals surface area contributed by atoms with Gasteiger partial charge in [0.2, 0.25) is 0 Å². The second kappa shape index (κ2) is 21.4. The normalized spacial score (nSPS) is 10.9. The van der Waals surface area contributed by atoms with E-state index in [0.29, 0.717) is 62.4 Å². The Labute approximate surface area is 448 Å². The molecule has 0 atom stereocenters. The average molecular weight is 1040 g/mol. The fourth-order valence-corrected chi connectivity index (χ4v) is 8.86. The number of nitrogens with one attached hydrogen (secondary N) is 2. The Morgan fingerprint density at radius 1 is 0.280 bits per heavy atom. The molecule has 15 rings (SSSR count). The zero-order chi connectivity index (χ0) is 49.3. The molecular weight excluding hydrogens is 1000 g/mol. The standard InChI is InChI=1S/C32H18N8.3C9H7NO.Al.Cu.3H/c1-2-10-18-17(9-1)25-33-26(18)38-28-21-13-5-6-14-22(21)30(35-28)40-32-24-16-8-7-15-23(24)31(36-32)39-29-20-12-4-3-11-19(20)27(34-29)37-25;3*11-8-5-1-3-7-4-2-6-10-9(7)8;;;;;/h1-16H,(H2,33,34,35,36,37,38,39,40);3*1-6,11H;;;;;. The van der Waals surface area contributed by atoms with Crippen molar-refractivity contribution in [2.45, 2.75) is 0 Å². The van der Waals surface area contributed by atoms with Gasteiger partial charge in [0.25, 0.3) is 0 Å². The summed E-state index contributed by atoms with van der Waals surface area (Å²) in [6, 6.07) is 59.6. The molecule has 5 N–H and O–H groups in total. The third-order valence-corrected chi connectivity index (χ3v) is 12.3. The van der Waals surface area contributed by atoms with Gasteiger partial charge >= 0.3 is 0 Å². The Morgan fingerprint density at radius 2 is 0.533 bits per heavy atom. The van der Waals surface area contributed by atoms with Crippen molar-refractivity contribution in [3.63, 3.8) is 0 Å². The number of rotatable bonds is 0. The van der Waals surface area contributed by atoms with E-state index in [1.54, 1.807) is 55.0 Å². The van der Waals surface area contributed by atoms with Crippen molar-refractivity contribution in [3.8, 4) is 62.8 Å². The van der Waals surface area contributed by atoms with Crippen LogP contribution in [0.5, 0.6) is 17.2 Å². The van der Waals surface area contributed by atoms with E-state index < -0.39 is 0 Å². The van der Waals surface area contributed by atoms with Gasteiger partial charge in [-0.2, -0.15) is 0 Å². The van der Waals surface area contributed by atoms with Gasteiger partial charge < -0.3 is 25.3 Å². The van der Waals surface area contributed by atoms with Crippen LogP contribution in [0.4, 0.5) is 0 Å². The Kier molecular flexibility index (Phi) is 14.0. The summed E-state index contributed by atoms with van der Waals surface area (Å²) in [6.45, 7) is 0. The van der Waals surface area contributed by atoms with Crippen molar-refractivity contribution >= 4 is 94.2 Å². The van der Waals surface area contributed by atoms with Crippen molar-refractivity contribution in [2.24, 2.45) is 0 Å². The fourth-order valence-electron chi connectivity index (χ4n) is 8.86. The number of phenolic OH excluding ortho intramolecular Hbond substituents is 3. The zero-order valence-electron chi connectivity index (χ0n) is 38.8. The topological polar surface area (TPSA) is 208 Å². The van der Waals surface area contributed by atoms with E-state index in [0.717, 1.165) is 60.0 Å². The van der Waals surface area contributed by atoms with Gasteiger partial charge in [-0.1, -0.05) is 152 Å². The number of hydrogen-bond acceptors (Lipinski definition) is 12. The first kappa shape index (κ1) is 49.2. The van der Waals surface area contributed by atoms with Crippen LogP contribution >= 0.6 is 0 Å². The summed E-state index contributed by atoms with van der Waals surface area (Å²) >= 11 is 0. The minimum absolute atomic E-state index is 0. The molecule has 0 unspecified atom stereocenters. The van der Waals surface area contributed by atoms with Gasteiger partial charge in [-0.25, -0.2) is 29.9 Å². The molecular formula is C59H42AlCuN11O3. The Bertz CT molecular complexity index is 3920. The van der Waals surface area contributed by atoms with Crippen molar-refractivity contribution in [2.75, 3.05) is 0 Å². The quantitative estimate of drug-likeness (QED) is 0.0899. The summed E-state index contributed by atoms with van der Waals surface area (Å²) < 4.78 is 0. The third-order valence-electron chi connectivity index (χ3n) is 12.3. The van der Waals surface area contributed by atoms with Crippen LogP contribution in [-0.2, 0) is 17.1 Å². The van der Waals surface area contributed by atoms with E-state index in [9.17, 15) is 15.3 Å². The van der Waals surface area contributed by atoms with Crippen molar-refractivity contribution in [3.05, 3.63) is 207 Å². The van der Waals surface area contributed by atoms with Gasteiger partial charge in [0.15, 0.2) is 40.7 Å². The van der Waals surface area contributed by atoms with Crippen LogP contribution in [0.25, 0.3) is 122 Å². The maximum atomic E-state index is 9.31. The maximum Gasteiger partial charge on any atom is 0.187 e. The summed E-state index contributed by atoms with van der Waals surface area (Å²) in [6.07, 6.45) is 5.01. The minimum atomic E-state index is 0. The van der Waals surface area contributed by atoms with Crippen LogP contribution in [0, 0.1) is 0 Å². The van der Waals surface area contributed by atoms with Crippen LogP contribution in [-0.4, -0.2) is 87.5 Å². The minimum Gasteiger partial charge on any atom is -0.506 e. The number of aromatic hydroxyl groups is 3. The molecule has 0 amide bonds. The smallest absolute Gasteiger partial charge is 0.187 e. The molecule has 6 aromatic heterocycles. The predicted molar refractivity (Wildman–Crippen MR) is 296 cm³/mol. The van der Waals surface area contributed by atoms with Crippen LogP contribution in [0.15, 0.2) is 207 Å². The first-order valence-electron chi connectivity index (χ1n) is 23.2. The summed E-state index contributed by atoms with van der Waals surface area (Å²) in [4.78, 5) is 48.9. The number of benzene rings is 7. The molecule has 2 aliphatic heterocycles. The van der Waals surface area contributed by atoms with Gasteiger partial charge in [-0.05, 0) is 36.4 Å². The zero-order valence-corrected chi connectivity index (χ0v) is 39.7. The summed E-state index contributed by atoms with van der Waals surface area (Å²) in [5, 5.41) is 34.6. The van der Waals surface area contributed by atoms with E-state index in [-0.39, 0.29) is 51.7 Å². The predicted octanol–water partition coefficient (Wildman–Crippen LogP) is 11.5. The molecule has 0 saturated heterocycles. The van der Waals surface area contributed by atoms with E-state index in [2.05, 4.69) is 24.9 Å². The monoisotopic (exact) mass is 1040 g/mol.